The first kappa shape index (κ1) is 19.6. The zero-order valence-electron chi connectivity index (χ0n) is 15.3. The molecule has 0 saturated carbocycles. The van der Waals surface area contributed by atoms with E-state index in [0.717, 1.165) is 0 Å². The third-order valence-electron chi connectivity index (χ3n) is 4.06. The zero-order valence-corrected chi connectivity index (χ0v) is 16.1. The Morgan fingerprint density at radius 3 is 2.46 bits per heavy atom. The third kappa shape index (κ3) is 4.20. The Bertz CT molecular complexity index is 1030. The van der Waals surface area contributed by atoms with E-state index >= 15 is 0 Å². The fourth-order valence-electron chi connectivity index (χ4n) is 2.69. The van der Waals surface area contributed by atoms with Crippen LogP contribution in [0.3, 0.4) is 0 Å². The highest BCUT2D eigenvalue weighted by Gasteiger charge is 2.31. The number of likely N-dealkylation sites (N-methyl/N-ethyl adjacent to an activating group) is 1. The van der Waals surface area contributed by atoms with Gasteiger partial charge < -0.3 is 15.0 Å². The van der Waals surface area contributed by atoms with Crippen LogP contribution in [-0.4, -0.2) is 50.7 Å². The number of esters is 1. The molecular weight excluding hydrogens is 382 g/mol. The highest BCUT2D eigenvalue weighted by molar-refractivity contribution is 7.90. The Morgan fingerprint density at radius 2 is 1.75 bits per heavy atom. The summed E-state index contributed by atoms with van der Waals surface area (Å²) < 4.78 is 33.1. The highest BCUT2D eigenvalue weighted by atomic mass is 32.2. The van der Waals surface area contributed by atoms with Gasteiger partial charge in [-0.3, -0.25) is 9.59 Å². The van der Waals surface area contributed by atoms with Crippen molar-refractivity contribution in [1.29, 1.82) is 0 Å². The monoisotopic (exact) mass is 401 g/mol. The molecule has 28 heavy (non-hydrogen) atoms. The van der Waals surface area contributed by atoms with Crippen LogP contribution in [0.4, 0.5) is 5.69 Å². The normalized spacial score (nSPS) is 15.1. The van der Waals surface area contributed by atoms with Crippen LogP contribution in [0.1, 0.15) is 12.5 Å². The number of hydrogen-bond acceptors (Lipinski definition) is 6. The molecule has 1 atom stereocenters. The molecule has 0 radical (unpaired) electrons. The fraction of sp³-hybridized carbons (Fsp3) is 0.211. The molecule has 0 unspecified atom stereocenters. The lowest BCUT2D eigenvalue weighted by atomic mass is 10.2. The van der Waals surface area contributed by atoms with Crippen molar-refractivity contribution >= 4 is 33.4 Å². The van der Waals surface area contributed by atoms with Crippen molar-refractivity contribution in [2.75, 3.05) is 18.9 Å². The second-order valence-electron chi connectivity index (χ2n) is 6.23. The molecule has 0 aliphatic carbocycles. The molecule has 1 heterocycles. The van der Waals surface area contributed by atoms with E-state index in [1.165, 1.54) is 24.9 Å². The molecule has 8 nitrogen and oxygen atoms in total. The third-order valence-corrected chi connectivity index (χ3v) is 5.38. The van der Waals surface area contributed by atoms with E-state index in [4.69, 9.17) is 4.74 Å². The molecular formula is C19H19N3O5S. The minimum Gasteiger partial charge on any atom is -0.451 e. The van der Waals surface area contributed by atoms with Crippen LogP contribution in [0.15, 0.2) is 63.9 Å². The number of amidine groups is 1. The molecule has 1 aliphatic heterocycles. The van der Waals surface area contributed by atoms with Crippen LogP contribution in [0.25, 0.3) is 0 Å². The summed E-state index contributed by atoms with van der Waals surface area (Å²) in [6.45, 7) is 1.20. The van der Waals surface area contributed by atoms with Crippen molar-refractivity contribution in [3.63, 3.8) is 0 Å². The first-order valence-electron chi connectivity index (χ1n) is 8.49. The number of nitrogens with one attached hydrogen (secondary N) is 1. The summed E-state index contributed by atoms with van der Waals surface area (Å²) in [4.78, 5) is 25.8. The van der Waals surface area contributed by atoms with Gasteiger partial charge in [0.2, 0.25) is 0 Å². The van der Waals surface area contributed by atoms with Gasteiger partial charge in [0.25, 0.3) is 15.9 Å². The number of hydrogen-bond donors (Lipinski definition) is 1. The molecule has 3 rings (SSSR count). The maximum Gasteiger partial charge on any atom is 0.326 e. The Labute approximate surface area is 162 Å². The molecule has 146 valence electrons. The van der Waals surface area contributed by atoms with Crippen LogP contribution in [0, 0.1) is 0 Å². The smallest absolute Gasteiger partial charge is 0.326 e. The molecule has 9 heteroatoms. The van der Waals surface area contributed by atoms with E-state index in [2.05, 4.69) is 9.71 Å². The highest BCUT2D eigenvalue weighted by Crippen LogP contribution is 2.26. The molecule has 1 N–H and O–H groups in total. The van der Waals surface area contributed by atoms with Crippen molar-refractivity contribution in [3.05, 3.63) is 60.2 Å². The number of rotatable bonds is 5. The predicted molar refractivity (Wildman–Crippen MR) is 103 cm³/mol. The zero-order chi connectivity index (χ0) is 20.3. The summed E-state index contributed by atoms with van der Waals surface area (Å²) in [6, 6.07) is 15.2. The van der Waals surface area contributed by atoms with E-state index < -0.39 is 28.0 Å². The van der Waals surface area contributed by atoms with Crippen molar-refractivity contribution in [2.24, 2.45) is 4.40 Å². The maximum absolute atomic E-state index is 12.2. The predicted octanol–water partition coefficient (Wildman–Crippen LogP) is 1.64. The summed E-state index contributed by atoms with van der Waals surface area (Å²) in [6.07, 6.45) is -1.01. The van der Waals surface area contributed by atoms with Crippen LogP contribution < -0.4 is 5.32 Å². The Morgan fingerprint density at radius 1 is 1.11 bits per heavy atom. The largest absolute Gasteiger partial charge is 0.451 e. The average Bonchev–Trinajstić information content (AvgIpc) is 2.94. The van der Waals surface area contributed by atoms with E-state index in [9.17, 15) is 18.0 Å². The summed E-state index contributed by atoms with van der Waals surface area (Å²) in [5.41, 5.74) is 1.02. The van der Waals surface area contributed by atoms with Gasteiger partial charge in [0, 0.05) is 18.3 Å². The van der Waals surface area contributed by atoms with Gasteiger partial charge in [0.05, 0.1) is 0 Å². The molecule has 0 saturated heterocycles. The van der Waals surface area contributed by atoms with Crippen molar-refractivity contribution in [1.82, 2.24) is 4.90 Å². The Kier molecular flexibility index (Phi) is 5.46. The lowest BCUT2D eigenvalue weighted by molar-refractivity contribution is -0.153. The standard InChI is InChI=1S/C19H19N3O5S/c1-13(19(24)20-14-8-4-3-5-9-14)27-17(23)12-22(2)18-15-10-6-7-11-16(15)28(25,26)21-18/h3-11,13H,12H2,1-2H3,(H,20,24)/t13-/m0/s1. The number of nitrogens with zero attached hydrogens (tertiary/aromatic N) is 2. The Balaban J connectivity index is 1.61. The SMILES string of the molecule is C[C@H](OC(=O)CN(C)C1=NS(=O)(=O)c2ccccc21)C(=O)Nc1ccccc1. The summed E-state index contributed by atoms with van der Waals surface area (Å²) in [5, 5.41) is 2.65. The molecule has 2 aromatic rings. The van der Waals surface area contributed by atoms with Crippen LogP contribution in [0.2, 0.25) is 0 Å². The quantitative estimate of drug-likeness (QED) is 0.764. The van der Waals surface area contributed by atoms with Gasteiger partial charge in [-0.2, -0.15) is 8.42 Å². The van der Waals surface area contributed by atoms with Gasteiger partial charge in [-0.25, -0.2) is 0 Å². The van der Waals surface area contributed by atoms with Crippen LogP contribution in [-0.2, 0) is 24.3 Å². The van der Waals surface area contributed by atoms with Crippen LogP contribution in [0.5, 0.6) is 0 Å². The molecule has 0 bridgehead atoms. The molecule has 1 amide bonds. The lowest BCUT2D eigenvalue weighted by Gasteiger charge is -2.19. The number of para-hydroxylation sites is 1. The van der Waals surface area contributed by atoms with Gasteiger partial charge in [-0.1, -0.05) is 30.3 Å². The number of anilines is 1. The second kappa shape index (κ2) is 7.81. The molecule has 2 aromatic carbocycles. The second-order valence-corrected chi connectivity index (χ2v) is 7.80. The van der Waals surface area contributed by atoms with Crippen LogP contribution >= 0.6 is 0 Å². The lowest BCUT2D eigenvalue weighted by Crippen LogP contribution is -2.37. The molecule has 1 aliphatic rings. The van der Waals surface area contributed by atoms with Gasteiger partial charge in [0.15, 0.2) is 11.9 Å². The van der Waals surface area contributed by atoms with Crippen molar-refractivity contribution < 1.29 is 22.7 Å². The number of benzene rings is 2. The van der Waals surface area contributed by atoms with E-state index in [1.807, 2.05) is 6.07 Å². The number of carbonyl (C=O) groups is 2. The number of fused-ring (bicyclic) bond motifs is 1. The van der Waals surface area contributed by atoms with Gasteiger partial charge in [0.1, 0.15) is 11.4 Å². The number of sulfonamides is 1. The van der Waals surface area contributed by atoms with E-state index in [0.29, 0.717) is 11.3 Å². The maximum atomic E-state index is 12.2. The van der Waals surface area contributed by atoms with Crippen molar-refractivity contribution in [2.45, 2.75) is 17.9 Å². The molecule has 0 fully saturated rings. The average molecular weight is 401 g/mol. The number of ether oxygens (including phenoxy) is 1. The number of amides is 1. The first-order chi connectivity index (χ1) is 13.3. The number of carbonyl (C=O) groups excluding carboxylic acids is 2. The topological polar surface area (TPSA) is 105 Å². The molecule has 0 aromatic heterocycles. The van der Waals surface area contributed by atoms with E-state index in [1.54, 1.807) is 42.5 Å². The summed E-state index contributed by atoms with van der Waals surface area (Å²) in [7, 11) is -2.24. The first-order valence-corrected chi connectivity index (χ1v) is 9.93. The van der Waals surface area contributed by atoms with Gasteiger partial charge in [-0.15, -0.1) is 4.40 Å². The van der Waals surface area contributed by atoms with Gasteiger partial charge >= 0.3 is 5.97 Å². The molecule has 0 spiro atoms. The minimum atomic E-state index is -3.78. The van der Waals surface area contributed by atoms with E-state index in [-0.39, 0.29) is 17.3 Å². The summed E-state index contributed by atoms with van der Waals surface area (Å²) in [5.74, 6) is -0.982. The fourth-order valence-corrected chi connectivity index (χ4v) is 3.94. The van der Waals surface area contributed by atoms with Crippen molar-refractivity contribution in [3.8, 4) is 0 Å². The Hall–Kier alpha value is -3.20. The summed E-state index contributed by atoms with van der Waals surface area (Å²) >= 11 is 0. The van der Waals surface area contributed by atoms with Gasteiger partial charge in [-0.05, 0) is 31.2 Å². The minimum absolute atomic E-state index is 0.0980.